The smallest absolute Gasteiger partial charge is 0.384 e. The highest BCUT2D eigenvalue weighted by molar-refractivity contribution is 7.99. The second-order valence-corrected chi connectivity index (χ2v) is 11.8. The molecule has 3 aromatic rings. The molecular formula is C28H32F4N4O3S. The third-order valence-corrected chi connectivity index (χ3v) is 8.85. The fraction of sp³-hybridized carbons (Fsp3) is 0.500. The van der Waals surface area contributed by atoms with Crippen LogP contribution in [0.5, 0.6) is 0 Å². The molecule has 1 aromatic heterocycles. The van der Waals surface area contributed by atoms with Crippen molar-refractivity contribution in [3.05, 3.63) is 52.2 Å². The molecule has 7 nitrogen and oxygen atoms in total. The number of benzene rings is 2. The van der Waals surface area contributed by atoms with E-state index in [9.17, 15) is 22.4 Å². The van der Waals surface area contributed by atoms with Crippen LogP contribution in [0.1, 0.15) is 19.4 Å². The fourth-order valence-electron chi connectivity index (χ4n) is 5.98. The van der Waals surface area contributed by atoms with Crippen LogP contribution in [0.25, 0.3) is 22.0 Å². The zero-order valence-corrected chi connectivity index (χ0v) is 23.6. The molecule has 1 N–H and O–H groups in total. The SMILES string of the molecule is COCC1(COC)CSc2c(-c3ccc(F)cc3)c(C(F)(F)F)cc3c(N4C[C@@H](C)N[C@@H](C)C4)nc(=O)n(c23)C1. The van der Waals surface area contributed by atoms with Crippen LogP contribution in [0.15, 0.2) is 40.0 Å². The number of hydrogen-bond acceptors (Lipinski definition) is 7. The topological polar surface area (TPSA) is 68.6 Å². The summed E-state index contributed by atoms with van der Waals surface area (Å²) in [7, 11) is 3.08. The zero-order chi connectivity index (χ0) is 28.8. The third-order valence-electron chi connectivity index (χ3n) is 7.41. The van der Waals surface area contributed by atoms with Gasteiger partial charge in [-0.25, -0.2) is 9.18 Å². The van der Waals surface area contributed by atoms with E-state index in [1.165, 1.54) is 42.7 Å². The first-order valence-corrected chi connectivity index (χ1v) is 14.0. The normalized spacial score (nSPS) is 21.1. The molecular weight excluding hydrogens is 548 g/mol. The highest BCUT2D eigenvalue weighted by atomic mass is 32.2. The Morgan fingerprint density at radius 3 is 2.30 bits per heavy atom. The summed E-state index contributed by atoms with van der Waals surface area (Å²) in [6, 6.07) is 6.16. The number of hydrogen-bond donors (Lipinski definition) is 1. The van der Waals surface area contributed by atoms with E-state index in [2.05, 4.69) is 10.3 Å². The van der Waals surface area contributed by atoms with E-state index in [-0.39, 0.29) is 54.2 Å². The standard InChI is InChI=1S/C28H32F4N4O3S/c1-16-10-35(11-17(2)33-16)25-20-9-21(28(30,31)32)22(18-5-7-19(29)8-6-18)24-23(20)36(26(37)34-25)12-27(13-38-3,14-39-4)15-40-24/h5-9,16-17,33H,10-15H2,1-4H3/t16-,17+. The first-order chi connectivity index (χ1) is 19.0. The summed E-state index contributed by atoms with van der Waals surface area (Å²) < 4.78 is 70.8. The molecule has 0 spiro atoms. The predicted octanol–water partition coefficient (Wildman–Crippen LogP) is 4.79. The monoisotopic (exact) mass is 580 g/mol. The van der Waals surface area contributed by atoms with Crippen LogP contribution in [0.4, 0.5) is 23.4 Å². The molecule has 0 unspecified atom stereocenters. The van der Waals surface area contributed by atoms with Gasteiger partial charge in [0.15, 0.2) is 0 Å². The van der Waals surface area contributed by atoms with Gasteiger partial charge >= 0.3 is 11.9 Å². The van der Waals surface area contributed by atoms with Gasteiger partial charge < -0.3 is 19.7 Å². The minimum Gasteiger partial charge on any atom is -0.384 e. The van der Waals surface area contributed by atoms with Gasteiger partial charge in [0.1, 0.15) is 11.6 Å². The van der Waals surface area contributed by atoms with Crippen LogP contribution in [-0.2, 0) is 22.2 Å². The number of halogens is 4. The molecule has 216 valence electrons. The maximum atomic E-state index is 14.8. The third kappa shape index (κ3) is 5.34. The van der Waals surface area contributed by atoms with E-state index < -0.39 is 28.7 Å². The Balaban J connectivity index is 1.88. The largest absolute Gasteiger partial charge is 0.417 e. The Bertz CT molecular complexity index is 1450. The molecule has 1 fully saturated rings. The second-order valence-electron chi connectivity index (χ2n) is 10.9. The molecule has 0 radical (unpaired) electrons. The maximum absolute atomic E-state index is 14.8. The average molecular weight is 581 g/mol. The Labute approximate surface area is 233 Å². The van der Waals surface area contributed by atoms with Crippen LogP contribution in [0, 0.1) is 11.2 Å². The van der Waals surface area contributed by atoms with E-state index in [1.54, 1.807) is 0 Å². The summed E-state index contributed by atoms with van der Waals surface area (Å²) in [5, 5.41) is 3.67. The van der Waals surface area contributed by atoms with Gasteiger partial charge in [-0.05, 0) is 37.6 Å². The lowest BCUT2D eigenvalue weighted by Crippen LogP contribution is -2.55. The summed E-state index contributed by atoms with van der Waals surface area (Å²) in [5.41, 5.74) is -1.59. The van der Waals surface area contributed by atoms with Gasteiger partial charge in [0.05, 0.1) is 24.3 Å². The first kappa shape index (κ1) is 28.8. The molecule has 2 atom stereocenters. The van der Waals surface area contributed by atoms with Gasteiger partial charge in [-0.2, -0.15) is 18.2 Å². The molecule has 2 aliphatic heterocycles. The van der Waals surface area contributed by atoms with Gasteiger partial charge in [-0.1, -0.05) is 12.1 Å². The number of thioether (sulfide) groups is 1. The number of piperazine rings is 1. The molecule has 1 saturated heterocycles. The second kappa shape index (κ2) is 11.0. The Kier molecular flexibility index (Phi) is 7.90. The van der Waals surface area contributed by atoms with Gasteiger partial charge in [-0.15, -0.1) is 11.8 Å². The summed E-state index contributed by atoms with van der Waals surface area (Å²) in [5.74, 6) is 0.0128. The van der Waals surface area contributed by atoms with Crippen molar-refractivity contribution in [1.82, 2.24) is 14.9 Å². The summed E-state index contributed by atoms with van der Waals surface area (Å²) in [4.78, 5) is 20.3. The number of methoxy groups -OCH3 is 2. The van der Waals surface area contributed by atoms with Gasteiger partial charge in [0, 0.05) is 73.0 Å². The minimum atomic E-state index is -4.72. The highest BCUT2D eigenvalue weighted by Gasteiger charge is 2.41. The van der Waals surface area contributed by atoms with Gasteiger partial charge in [0.25, 0.3) is 0 Å². The van der Waals surface area contributed by atoms with Crippen molar-refractivity contribution in [2.45, 2.75) is 43.5 Å². The molecule has 0 bridgehead atoms. The van der Waals surface area contributed by atoms with Crippen LogP contribution >= 0.6 is 11.8 Å². The summed E-state index contributed by atoms with van der Waals surface area (Å²) >= 11 is 1.24. The van der Waals surface area contributed by atoms with Crippen molar-refractivity contribution >= 4 is 28.5 Å². The van der Waals surface area contributed by atoms with Crippen molar-refractivity contribution in [2.24, 2.45) is 5.41 Å². The number of alkyl halides is 3. The number of nitrogens with zero attached hydrogens (tertiary/aromatic N) is 3. The molecule has 5 rings (SSSR count). The predicted molar refractivity (Wildman–Crippen MR) is 148 cm³/mol. The van der Waals surface area contributed by atoms with E-state index >= 15 is 0 Å². The minimum absolute atomic E-state index is 0.0455. The summed E-state index contributed by atoms with van der Waals surface area (Å²) in [6.07, 6.45) is -4.72. The van der Waals surface area contributed by atoms with Crippen LogP contribution in [0.3, 0.4) is 0 Å². The molecule has 0 aliphatic carbocycles. The van der Waals surface area contributed by atoms with Gasteiger partial charge in [-0.3, -0.25) is 4.57 Å². The van der Waals surface area contributed by atoms with Crippen LogP contribution in [0.2, 0.25) is 0 Å². The van der Waals surface area contributed by atoms with Crippen molar-refractivity contribution in [3.63, 3.8) is 0 Å². The fourth-order valence-corrected chi connectivity index (χ4v) is 7.42. The highest BCUT2D eigenvalue weighted by Crippen LogP contribution is 2.50. The molecule has 2 aromatic carbocycles. The van der Waals surface area contributed by atoms with Crippen molar-refractivity contribution in [2.75, 3.05) is 51.2 Å². The number of nitrogens with one attached hydrogen (secondary N) is 1. The van der Waals surface area contributed by atoms with E-state index in [4.69, 9.17) is 9.47 Å². The maximum Gasteiger partial charge on any atom is 0.417 e. The molecule has 3 heterocycles. The number of anilines is 1. The Morgan fingerprint density at radius 1 is 1.10 bits per heavy atom. The molecule has 2 aliphatic rings. The number of rotatable bonds is 6. The molecule has 0 amide bonds. The number of aromatic nitrogens is 2. The lowest BCUT2D eigenvalue weighted by Gasteiger charge is -2.37. The first-order valence-electron chi connectivity index (χ1n) is 13.0. The lowest BCUT2D eigenvalue weighted by molar-refractivity contribution is -0.137. The van der Waals surface area contributed by atoms with Crippen molar-refractivity contribution in [3.8, 4) is 11.1 Å². The van der Waals surface area contributed by atoms with Gasteiger partial charge in [0.2, 0.25) is 0 Å². The Hall–Kier alpha value is -2.67. The zero-order valence-electron chi connectivity index (χ0n) is 22.8. The van der Waals surface area contributed by atoms with E-state index in [1.807, 2.05) is 18.7 Å². The van der Waals surface area contributed by atoms with E-state index in [0.717, 1.165) is 18.2 Å². The average Bonchev–Trinajstić information content (AvgIpc) is 3.04. The molecule has 40 heavy (non-hydrogen) atoms. The van der Waals surface area contributed by atoms with E-state index in [0.29, 0.717) is 29.3 Å². The summed E-state index contributed by atoms with van der Waals surface area (Å²) in [6.45, 7) is 5.54. The molecule has 0 saturated carbocycles. The quantitative estimate of drug-likeness (QED) is 0.421. The van der Waals surface area contributed by atoms with Crippen molar-refractivity contribution in [1.29, 1.82) is 0 Å². The lowest BCUT2D eigenvalue weighted by atomic mass is 9.91. The molecule has 12 heteroatoms. The van der Waals surface area contributed by atoms with Crippen molar-refractivity contribution < 1.29 is 27.0 Å². The number of ether oxygens (including phenoxy) is 2. The Morgan fingerprint density at radius 2 is 1.73 bits per heavy atom. The van der Waals surface area contributed by atoms with Crippen LogP contribution < -0.4 is 15.9 Å². The van der Waals surface area contributed by atoms with Crippen LogP contribution in [-0.4, -0.2) is 67.9 Å².